The number of nitrogens with one attached hydrogen (secondary N) is 1. The molecule has 0 fully saturated rings. The molecule has 1 aromatic carbocycles. The van der Waals surface area contributed by atoms with Crippen molar-refractivity contribution in [2.45, 2.75) is 33.1 Å². The first-order chi connectivity index (χ1) is 8.50. The zero-order valence-corrected chi connectivity index (χ0v) is 12.6. The largest absolute Gasteiger partial charge is 0.389 e. The van der Waals surface area contributed by atoms with Crippen LogP contribution in [0, 0.1) is 5.92 Å². The minimum absolute atomic E-state index is 0.377. The summed E-state index contributed by atoms with van der Waals surface area (Å²) < 4.78 is 0. The summed E-state index contributed by atoms with van der Waals surface area (Å²) in [5, 5.41) is 4.03. The van der Waals surface area contributed by atoms with Crippen LogP contribution in [0.3, 0.4) is 0 Å². The van der Waals surface area contributed by atoms with E-state index in [9.17, 15) is 0 Å². The van der Waals surface area contributed by atoms with Gasteiger partial charge in [-0.05, 0) is 30.5 Å². The van der Waals surface area contributed by atoms with Gasteiger partial charge >= 0.3 is 0 Å². The highest BCUT2D eigenvalue weighted by molar-refractivity contribution is 7.80. The fraction of sp³-hybridized carbons (Fsp3) is 0.500. The maximum Gasteiger partial charge on any atom is 0.106 e. The highest BCUT2D eigenvalue weighted by Gasteiger charge is 2.05. The van der Waals surface area contributed by atoms with Crippen molar-refractivity contribution in [3.63, 3.8) is 0 Å². The molecule has 0 aliphatic heterocycles. The number of nitrogens with two attached hydrogens (primary N) is 1. The second-order valence-corrected chi connectivity index (χ2v) is 5.75. The Kier molecular flexibility index (Phi) is 6.44. The van der Waals surface area contributed by atoms with Crippen molar-refractivity contribution in [2.75, 3.05) is 11.9 Å². The minimum atomic E-state index is 0.377. The Morgan fingerprint density at radius 2 is 2.11 bits per heavy atom. The molecule has 0 bridgehead atoms. The molecule has 0 saturated carbocycles. The van der Waals surface area contributed by atoms with Crippen molar-refractivity contribution in [3.8, 4) is 0 Å². The number of unbranched alkanes of at least 4 members (excludes halogenated alkanes) is 1. The zero-order chi connectivity index (χ0) is 13.5. The summed E-state index contributed by atoms with van der Waals surface area (Å²) in [4.78, 5) is 0.377. The highest BCUT2D eigenvalue weighted by Crippen LogP contribution is 2.20. The molecule has 0 atom stereocenters. The third-order valence-corrected chi connectivity index (χ3v) is 3.23. The van der Waals surface area contributed by atoms with Crippen molar-refractivity contribution in [1.29, 1.82) is 0 Å². The second-order valence-electron chi connectivity index (χ2n) is 4.87. The molecule has 1 rings (SSSR count). The van der Waals surface area contributed by atoms with Gasteiger partial charge in [0.2, 0.25) is 0 Å². The third kappa shape index (κ3) is 5.23. The van der Waals surface area contributed by atoms with Gasteiger partial charge in [0.15, 0.2) is 0 Å². The molecule has 0 radical (unpaired) electrons. The molecule has 100 valence electrons. The average Bonchev–Trinajstić information content (AvgIpc) is 2.29. The maximum atomic E-state index is 5.94. The standard InChI is InChI=1S/C14H21ClN2S/c1-10(2)5-3-4-8-17-13-7-6-11(15)9-12(13)14(16)18/h6-7,9-10,17H,3-5,8H2,1-2H3,(H2,16,18). The Bertz CT molecular complexity index is 405. The van der Waals surface area contributed by atoms with Gasteiger partial charge in [-0.1, -0.05) is 50.5 Å². The van der Waals surface area contributed by atoms with E-state index in [1.807, 2.05) is 12.1 Å². The van der Waals surface area contributed by atoms with E-state index in [1.165, 1.54) is 12.8 Å². The topological polar surface area (TPSA) is 38.0 Å². The summed E-state index contributed by atoms with van der Waals surface area (Å²) in [6.07, 6.45) is 3.66. The molecule has 0 aliphatic carbocycles. The van der Waals surface area contributed by atoms with E-state index < -0.39 is 0 Å². The van der Waals surface area contributed by atoms with Gasteiger partial charge in [0.1, 0.15) is 4.99 Å². The Balaban J connectivity index is 2.49. The van der Waals surface area contributed by atoms with Crippen molar-refractivity contribution in [1.82, 2.24) is 0 Å². The molecule has 3 N–H and O–H groups in total. The molecule has 1 aromatic rings. The van der Waals surface area contributed by atoms with Crippen LogP contribution in [0.4, 0.5) is 5.69 Å². The first kappa shape index (κ1) is 15.3. The highest BCUT2D eigenvalue weighted by atomic mass is 35.5. The molecule has 0 unspecified atom stereocenters. The van der Waals surface area contributed by atoms with Gasteiger partial charge in [-0.25, -0.2) is 0 Å². The van der Waals surface area contributed by atoms with Crippen LogP contribution >= 0.6 is 23.8 Å². The first-order valence-corrected chi connectivity index (χ1v) is 7.12. The molecule has 4 heteroatoms. The molecule has 2 nitrogen and oxygen atoms in total. The Morgan fingerprint density at radius 3 is 2.72 bits per heavy atom. The SMILES string of the molecule is CC(C)CCCCNc1ccc(Cl)cc1C(N)=S. The summed E-state index contributed by atoms with van der Waals surface area (Å²) in [5.74, 6) is 0.771. The van der Waals surface area contributed by atoms with E-state index in [0.29, 0.717) is 10.0 Å². The van der Waals surface area contributed by atoms with Gasteiger partial charge in [-0.3, -0.25) is 0 Å². The van der Waals surface area contributed by atoms with Gasteiger partial charge in [-0.2, -0.15) is 0 Å². The van der Waals surface area contributed by atoms with Gasteiger partial charge in [-0.15, -0.1) is 0 Å². The van der Waals surface area contributed by atoms with Gasteiger partial charge in [0.25, 0.3) is 0 Å². The molecule has 18 heavy (non-hydrogen) atoms. The summed E-state index contributed by atoms with van der Waals surface area (Å²) in [6, 6.07) is 5.58. The monoisotopic (exact) mass is 284 g/mol. The van der Waals surface area contributed by atoms with Crippen LogP contribution in [0.1, 0.15) is 38.7 Å². The van der Waals surface area contributed by atoms with Crippen molar-refractivity contribution < 1.29 is 0 Å². The fourth-order valence-electron chi connectivity index (χ4n) is 1.78. The molecule has 0 saturated heterocycles. The van der Waals surface area contributed by atoms with E-state index in [-0.39, 0.29) is 0 Å². The summed E-state index contributed by atoms with van der Waals surface area (Å²) >= 11 is 11.0. The van der Waals surface area contributed by atoms with Gasteiger partial charge in [0.05, 0.1) is 0 Å². The Hall–Kier alpha value is -0.800. The Morgan fingerprint density at radius 1 is 1.39 bits per heavy atom. The van der Waals surface area contributed by atoms with E-state index in [4.69, 9.17) is 29.6 Å². The lowest BCUT2D eigenvalue weighted by molar-refractivity contribution is 0.545. The van der Waals surface area contributed by atoms with Crippen LogP contribution < -0.4 is 11.1 Å². The van der Waals surface area contributed by atoms with Crippen LogP contribution in [0.15, 0.2) is 18.2 Å². The van der Waals surface area contributed by atoms with Crippen molar-refractivity contribution in [3.05, 3.63) is 28.8 Å². The average molecular weight is 285 g/mol. The van der Waals surface area contributed by atoms with E-state index in [0.717, 1.165) is 30.1 Å². The van der Waals surface area contributed by atoms with Crippen LogP contribution in [-0.2, 0) is 0 Å². The lowest BCUT2D eigenvalue weighted by atomic mass is 10.1. The summed E-state index contributed by atoms with van der Waals surface area (Å²) in [6.45, 7) is 5.43. The van der Waals surface area contributed by atoms with Crippen LogP contribution in [0.25, 0.3) is 0 Å². The number of hydrogen-bond donors (Lipinski definition) is 2. The van der Waals surface area contributed by atoms with Gasteiger partial charge < -0.3 is 11.1 Å². The van der Waals surface area contributed by atoms with Crippen LogP contribution in [0.2, 0.25) is 5.02 Å². The van der Waals surface area contributed by atoms with E-state index >= 15 is 0 Å². The molecule has 0 amide bonds. The zero-order valence-electron chi connectivity index (χ0n) is 11.0. The number of thiocarbonyl (C=S) groups is 1. The van der Waals surface area contributed by atoms with Crippen LogP contribution in [-0.4, -0.2) is 11.5 Å². The predicted octanol–water partition coefficient (Wildman–Crippen LogP) is 4.21. The summed E-state index contributed by atoms with van der Waals surface area (Å²) in [7, 11) is 0. The lowest BCUT2D eigenvalue weighted by Gasteiger charge is -2.12. The lowest BCUT2D eigenvalue weighted by Crippen LogP contribution is -2.13. The van der Waals surface area contributed by atoms with Crippen molar-refractivity contribution >= 4 is 34.5 Å². The summed E-state index contributed by atoms with van der Waals surface area (Å²) in [5.41, 5.74) is 7.48. The smallest absolute Gasteiger partial charge is 0.106 e. The predicted molar refractivity (Wildman–Crippen MR) is 84.5 cm³/mol. The minimum Gasteiger partial charge on any atom is -0.389 e. The van der Waals surface area contributed by atoms with Gasteiger partial charge in [0, 0.05) is 22.8 Å². The van der Waals surface area contributed by atoms with E-state index in [1.54, 1.807) is 6.07 Å². The number of halogens is 1. The third-order valence-electron chi connectivity index (χ3n) is 2.77. The van der Waals surface area contributed by atoms with Crippen molar-refractivity contribution in [2.24, 2.45) is 11.7 Å². The number of benzene rings is 1. The second kappa shape index (κ2) is 7.59. The number of rotatable bonds is 7. The van der Waals surface area contributed by atoms with Crippen LogP contribution in [0.5, 0.6) is 0 Å². The molecular formula is C14H21ClN2S. The quantitative estimate of drug-likeness (QED) is 0.582. The molecule has 0 spiro atoms. The molecular weight excluding hydrogens is 264 g/mol. The normalized spacial score (nSPS) is 10.7. The number of hydrogen-bond acceptors (Lipinski definition) is 2. The first-order valence-electron chi connectivity index (χ1n) is 6.34. The molecule has 0 aliphatic rings. The molecule has 0 aromatic heterocycles. The molecule has 0 heterocycles. The Labute approximate surface area is 120 Å². The van der Waals surface area contributed by atoms with E-state index in [2.05, 4.69) is 19.2 Å². The maximum absolute atomic E-state index is 5.94. The fourth-order valence-corrected chi connectivity index (χ4v) is 2.12. The number of anilines is 1.